The number of benzene rings is 1. The van der Waals surface area contributed by atoms with Crippen molar-refractivity contribution >= 4 is 17.8 Å². The number of carbonyl (C=O) groups excluding carboxylic acids is 2. The van der Waals surface area contributed by atoms with E-state index >= 15 is 0 Å². The van der Waals surface area contributed by atoms with Gasteiger partial charge in [0.15, 0.2) is 0 Å². The summed E-state index contributed by atoms with van der Waals surface area (Å²) in [4.78, 5) is 37.7. The number of nitrogens with zero attached hydrogens (tertiary/aromatic N) is 1. The molecule has 3 rings (SSSR count). The van der Waals surface area contributed by atoms with Gasteiger partial charge in [0, 0.05) is 30.6 Å². The van der Waals surface area contributed by atoms with Crippen molar-refractivity contribution in [3.63, 3.8) is 0 Å². The molecule has 0 aromatic heterocycles. The number of piperidine rings is 1. The first-order valence-electron chi connectivity index (χ1n) is 9.42. The molecular weight excluding hydrogens is 332 g/mol. The van der Waals surface area contributed by atoms with Crippen LogP contribution in [0.25, 0.3) is 0 Å². The second kappa shape index (κ2) is 8.34. The zero-order chi connectivity index (χ0) is 18.5. The smallest absolute Gasteiger partial charge is 0.306 e. The monoisotopic (exact) mass is 358 g/mol. The van der Waals surface area contributed by atoms with E-state index in [9.17, 15) is 14.4 Å². The van der Waals surface area contributed by atoms with E-state index in [0.717, 1.165) is 12.8 Å². The van der Waals surface area contributed by atoms with Gasteiger partial charge in [-0.1, -0.05) is 18.2 Å². The Kier molecular flexibility index (Phi) is 5.91. The van der Waals surface area contributed by atoms with Gasteiger partial charge in [-0.3, -0.25) is 14.4 Å². The second-order valence-electron chi connectivity index (χ2n) is 7.33. The van der Waals surface area contributed by atoms with Crippen LogP contribution >= 0.6 is 0 Å². The summed E-state index contributed by atoms with van der Waals surface area (Å²) in [5, 5.41) is 12.2. The quantitative estimate of drug-likeness (QED) is 0.865. The van der Waals surface area contributed by atoms with Crippen LogP contribution in [-0.2, 0) is 9.59 Å². The summed E-state index contributed by atoms with van der Waals surface area (Å²) in [7, 11) is 0. The van der Waals surface area contributed by atoms with Crippen LogP contribution in [-0.4, -0.2) is 46.9 Å². The van der Waals surface area contributed by atoms with E-state index in [1.807, 2.05) is 35.2 Å². The molecule has 140 valence electrons. The fourth-order valence-electron chi connectivity index (χ4n) is 3.91. The van der Waals surface area contributed by atoms with E-state index in [0.29, 0.717) is 44.3 Å². The zero-order valence-electron chi connectivity index (χ0n) is 14.9. The molecule has 6 heteroatoms. The Morgan fingerprint density at radius 3 is 2.04 bits per heavy atom. The molecule has 1 saturated heterocycles. The largest absolute Gasteiger partial charge is 0.481 e. The molecule has 1 aliphatic heterocycles. The molecule has 1 aromatic carbocycles. The van der Waals surface area contributed by atoms with Gasteiger partial charge >= 0.3 is 5.97 Å². The van der Waals surface area contributed by atoms with Gasteiger partial charge in [-0.2, -0.15) is 0 Å². The second-order valence-corrected chi connectivity index (χ2v) is 7.33. The average Bonchev–Trinajstić information content (AvgIpc) is 2.68. The van der Waals surface area contributed by atoms with Gasteiger partial charge in [0.2, 0.25) is 5.91 Å². The highest BCUT2D eigenvalue weighted by atomic mass is 16.4. The normalized spacial score (nSPS) is 24.1. The van der Waals surface area contributed by atoms with E-state index in [4.69, 9.17) is 5.11 Å². The maximum Gasteiger partial charge on any atom is 0.306 e. The fraction of sp³-hybridized carbons (Fsp3) is 0.550. The number of carbonyl (C=O) groups is 3. The molecule has 0 atom stereocenters. The summed E-state index contributed by atoms with van der Waals surface area (Å²) in [6.45, 7) is 1.29. The number of nitrogens with one attached hydrogen (secondary N) is 1. The molecule has 0 spiro atoms. The van der Waals surface area contributed by atoms with Crippen molar-refractivity contribution in [1.82, 2.24) is 10.2 Å². The molecule has 2 amide bonds. The van der Waals surface area contributed by atoms with E-state index in [1.165, 1.54) is 0 Å². The van der Waals surface area contributed by atoms with Crippen molar-refractivity contribution < 1.29 is 19.5 Å². The molecular formula is C20H26N2O4. The SMILES string of the molecule is O=C(O)C1CCC(C(=O)NC2CCN(C(=O)c3ccccc3)CC2)CC1. The fourth-order valence-corrected chi connectivity index (χ4v) is 3.91. The summed E-state index contributed by atoms with van der Waals surface area (Å²) >= 11 is 0. The van der Waals surface area contributed by atoms with Gasteiger partial charge in [-0.15, -0.1) is 0 Å². The molecule has 0 unspecified atom stereocenters. The first-order valence-corrected chi connectivity index (χ1v) is 9.42. The van der Waals surface area contributed by atoms with E-state index in [1.54, 1.807) is 0 Å². The molecule has 6 nitrogen and oxygen atoms in total. The predicted molar refractivity (Wildman–Crippen MR) is 96.6 cm³/mol. The van der Waals surface area contributed by atoms with Gasteiger partial charge in [-0.05, 0) is 50.7 Å². The highest BCUT2D eigenvalue weighted by molar-refractivity contribution is 5.94. The lowest BCUT2D eigenvalue weighted by Gasteiger charge is -2.34. The molecule has 1 aliphatic carbocycles. The van der Waals surface area contributed by atoms with Gasteiger partial charge in [0.25, 0.3) is 5.91 Å². The van der Waals surface area contributed by atoms with Crippen molar-refractivity contribution in [3.05, 3.63) is 35.9 Å². The number of carboxylic acid groups (broad SMARTS) is 1. The van der Waals surface area contributed by atoms with Crippen LogP contribution in [0, 0.1) is 11.8 Å². The van der Waals surface area contributed by atoms with Crippen LogP contribution in [0.4, 0.5) is 0 Å². The first-order chi connectivity index (χ1) is 12.5. The van der Waals surface area contributed by atoms with Gasteiger partial charge < -0.3 is 15.3 Å². The van der Waals surface area contributed by atoms with Crippen LogP contribution in [0.5, 0.6) is 0 Å². The van der Waals surface area contributed by atoms with Crippen LogP contribution < -0.4 is 5.32 Å². The van der Waals surface area contributed by atoms with Crippen molar-refractivity contribution in [1.29, 1.82) is 0 Å². The lowest BCUT2D eigenvalue weighted by atomic mass is 9.81. The third kappa shape index (κ3) is 4.42. The highest BCUT2D eigenvalue weighted by Gasteiger charge is 2.31. The first kappa shape index (κ1) is 18.4. The number of carboxylic acids is 1. The molecule has 0 radical (unpaired) electrons. The van der Waals surface area contributed by atoms with Crippen LogP contribution in [0.2, 0.25) is 0 Å². The van der Waals surface area contributed by atoms with Crippen LogP contribution in [0.1, 0.15) is 48.9 Å². The van der Waals surface area contributed by atoms with Crippen molar-refractivity contribution in [2.24, 2.45) is 11.8 Å². The Balaban J connectivity index is 1.43. The molecule has 2 aliphatic rings. The summed E-state index contributed by atoms with van der Waals surface area (Å²) < 4.78 is 0. The molecule has 2 N–H and O–H groups in total. The molecule has 26 heavy (non-hydrogen) atoms. The summed E-state index contributed by atoms with van der Waals surface area (Å²) in [5.74, 6) is -1.04. The van der Waals surface area contributed by atoms with E-state index in [2.05, 4.69) is 5.32 Å². The minimum Gasteiger partial charge on any atom is -0.481 e. The number of hydrogen-bond donors (Lipinski definition) is 2. The third-order valence-electron chi connectivity index (χ3n) is 5.60. The standard InChI is InChI=1S/C20H26N2O4/c23-18(14-6-8-16(9-7-14)20(25)26)21-17-10-12-22(13-11-17)19(24)15-4-2-1-3-5-15/h1-5,14,16-17H,6-13H2,(H,21,23)(H,25,26). The maximum absolute atomic E-state index is 12.5. The lowest BCUT2D eigenvalue weighted by molar-refractivity contribution is -0.144. The Morgan fingerprint density at radius 1 is 0.885 bits per heavy atom. The van der Waals surface area contributed by atoms with Gasteiger partial charge in [0.1, 0.15) is 0 Å². The number of likely N-dealkylation sites (tertiary alicyclic amines) is 1. The molecule has 1 saturated carbocycles. The third-order valence-corrected chi connectivity index (χ3v) is 5.60. The number of aliphatic carboxylic acids is 1. The minimum absolute atomic E-state index is 0.0432. The van der Waals surface area contributed by atoms with E-state index < -0.39 is 5.97 Å². The van der Waals surface area contributed by atoms with Crippen LogP contribution in [0.15, 0.2) is 30.3 Å². The Bertz CT molecular complexity index is 645. The minimum atomic E-state index is -0.751. The Hall–Kier alpha value is -2.37. The average molecular weight is 358 g/mol. The maximum atomic E-state index is 12.5. The molecule has 1 aromatic rings. The van der Waals surface area contributed by atoms with Crippen LogP contribution in [0.3, 0.4) is 0 Å². The van der Waals surface area contributed by atoms with Crippen molar-refractivity contribution in [2.75, 3.05) is 13.1 Å². The Morgan fingerprint density at radius 2 is 1.46 bits per heavy atom. The Labute approximate surface area is 153 Å². The number of amides is 2. The van der Waals surface area contributed by atoms with Gasteiger partial charge in [-0.25, -0.2) is 0 Å². The molecule has 1 heterocycles. The molecule has 2 fully saturated rings. The predicted octanol–water partition coefficient (Wildman–Crippen LogP) is 2.30. The summed E-state index contributed by atoms with van der Waals surface area (Å²) in [5.41, 5.74) is 0.699. The van der Waals surface area contributed by atoms with Crippen molar-refractivity contribution in [3.8, 4) is 0 Å². The zero-order valence-corrected chi connectivity index (χ0v) is 14.9. The topological polar surface area (TPSA) is 86.7 Å². The summed E-state index contributed by atoms with van der Waals surface area (Å²) in [6, 6.07) is 9.36. The number of rotatable bonds is 4. The summed E-state index contributed by atoms with van der Waals surface area (Å²) in [6.07, 6.45) is 3.97. The molecule has 0 bridgehead atoms. The lowest BCUT2D eigenvalue weighted by Crippen LogP contribution is -2.48. The highest BCUT2D eigenvalue weighted by Crippen LogP contribution is 2.29. The number of hydrogen-bond acceptors (Lipinski definition) is 3. The van der Waals surface area contributed by atoms with Gasteiger partial charge in [0.05, 0.1) is 5.92 Å². The van der Waals surface area contributed by atoms with Crippen molar-refractivity contribution in [2.45, 2.75) is 44.6 Å². The van der Waals surface area contributed by atoms with E-state index in [-0.39, 0.29) is 29.7 Å².